The zero-order chi connectivity index (χ0) is 8.55. The van der Waals surface area contributed by atoms with E-state index >= 15 is 0 Å². The Morgan fingerprint density at radius 2 is 2.08 bits per heavy atom. The third-order valence-electron chi connectivity index (χ3n) is 2.86. The Morgan fingerprint density at radius 1 is 1.38 bits per heavy atom. The summed E-state index contributed by atoms with van der Waals surface area (Å²) in [6.45, 7) is 2.04. The lowest BCUT2D eigenvalue weighted by Gasteiger charge is -2.23. The van der Waals surface area contributed by atoms with Gasteiger partial charge in [-0.25, -0.2) is 0 Å². The number of nitrogens with one attached hydrogen (secondary N) is 1. The van der Waals surface area contributed by atoms with Crippen molar-refractivity contribution in [3.63, 3.8) is 0 Å². The van der Waals surface area contributed by atoms with E-state index in [1.165, 1.54) is 0 Å². The fourth-order valence-corrected chi connectivity index (χ4v) is 1.77. The first-order chi connectivity index (χ1) is 5.79. The molecule has 1 amide bonds. The van der Waals surface area contributed by atoms with Gasteiger partial charge in [0.15, 0.2) is 0 Å². The van der Waals surface area contributed by atoms with Crippen molar-refractivity contribution in [2.24, 2.45) is 5.92 Å². The van der Waals surface area contributed by atoms with E-state index in [4.69, 9.17) is 0 Å². The standard InChI is InChI=1S/C9H16N2O.ClH/c1-11(8-4-5-10-6-8)9(12)7-2-3-7;/h7-8,10H,2-6H2,1H3;1H. The van der Waals surface area contributed by atoms with Gasteiger partial charge in [0.05, 0.1) is 0 Å². The minimum absolute atomic E-state index is 0. The maximum absolute atomic E-state index is 11.6. The van der Waals surface area contributed by atoms with Gasteiger partial charge in [0.1, 0.15) is 0 Å². The fraction of sp³-hybridized carbons (Fsp3) is 0.889. The largest absolute Gasteiger partial charge is 0.341 e. The first-order valence-corrected chi connectivity index (χ1v) is 4.76. The lowest BCUT2D eigenvalue weighted by molar-refractivity contribution is -0.132. The topological polar surface area (TPSA) is 32.3 Å². The molecule has 1 saturated carbocycles. The molecule has 13 heavy (non-hydrogen) atoms. The Bertz CT molecular complexity index is 188. The molecular weight excluding hydrogens is 188 g/mol. The van der Waals surface area contributed by atoms with Crippen molar-refractivity contribution in [1.82, 2.24) is 10.2 Å². The molecule has 2 aliphatic rings. The Morgan fingerprint density at radius 3 is 2.54 bits per heavy atom. The van der Waals surface area contributed by atoms with E-state index in [0.29, 0.717) is 17.9 Å². The summed E-state index contributed by atoms with van der Waals surface area (Å²) in [7, 11) is 1.94. The number of amides is 1. The minimum atomic E-state index is 0. The lowest BCUT2D eigenvalue weighted by Crippen LogP contribution is -2.39. The number of hydrogen-bond acceptors (Lipinski definition) is 2. The van der Waals surface area contributed by atoms with Crippen LogP contribution in [0, 0.1) is 5.92 Å². The molecule has 3 nitrogen and oxygen atoms in total. The molecule has 1 N–H and O–H groups in total. The molecule has 0 radical (unpaired) electrons. The van der Waals surface area contributed by atoms with Crippen molar-refractivity contribution < 1.29 is 4.79 Å². The molecule has 4 heteroatoms. The Balaban J connectivity index is 0.000000845. The summed E-state index contributed by atoms with van der Waals surface area (Å²) in [6.07, 6.45) is 3.35. The highest BCUT2D eigenvalue weighted by molar-refractivity contribution is 5.85. The number of rotatable bonds is 2. The van der Waals surface area contributed by atoms with Crippen molar-refractivity contribution in [2.45, 2.75) is 25.3 Å². The first-order valence-electron chi connectivity index (χ1n) is 4.76. The zero-order valence-electron chi connectivity index (χ0n) is 7.95. The van der Waals surface area contributed by atoms with Crippen LogP contribution in [0.15, 0.2) is 0 Å². The molecule has 1 aliphatic carbocycles. The second-order valence-electron chi connectivity index (χ2n) is 3.87. The zero-order valence-corrected chi connectivity index (χ0v) is 8.77. The predicted molar refractivity (Wildman–Crippen MR) is 54.0 cm³/mol. The summed E-state index contributed by atoms with van der Waals surface area (Å²) in [6, 6.07) is 0.457. The van der Waals surface area contributed by atoms with Crippen LogP contribution in [-0.2, 0) is 4.79 Å². The highest BCUT2D eigenvalue weighted by Gasteiger charge is 2.35. The Kier molecular flexibility index (Phi) is 3.56. The van der Waals surface area contributed by atoms with Crippen LogP contribution < -0.4 is 5.32 Å². The van der Waals surface area contributed by atoms with Gasteiger partial charge >= 0.3 is 0 Å². The smallest absolute Gasteiger partial charge is 0.225 e. The summed E-state index contributed by atoms with van der Waals surface area (Å²) in [5.74, 6) is 0.735. The molecule has 2 fully saturated rings. The molecule has 1 unspecified atom stereocenters. The number of hydrogen-bond donors (Lipinski definition) is 1. The maximum atomic E-state index is 11.6. The summed E-state index contributed by atoms with van der Waals surface area (Å²) in [5, 5.41) is 3.27. The van der Waals surface area contributed by atoms with Crippen molar-refractivity contribution >= 4 is 18.3 Å². The maximum Gasteiger partial charge on any atom is 0.225 e. The molecule has 0 aromatic heterocycles. The predicted octanol–water partition coefficient (Wildman–Crippen LogP) is 0.638. The average molecular weight is 205 g/mol. The molecule has 0 aromatic carbocycles. The minimum Gasteiger partial charge on any atom is -0.341 e. The number of nitrogens with zero attached hydrogens (tertiary/aromatic N) is 1. The van der Waals surface area contributed by atoms with Crippen LogP contribution in [-0.4, -0.2) is 37.0 Å². The van der Waals surface area contributed by atoms with Crippen LogP contribution in [0.5, 0.6) is 0 Å². The molecule has 1 atom stereocenters. The molecule has 76 valence electrons. The number of halogens is 1. The van der Waals surface area contributed by atoms with Crippen LogP contribution in [0.3, 0.4) is 0 Å². The van der Waals surface area contributed by atoms with Crippen molar-refractivity contribution in [3.05, 3.63) is 0 Å². The van der Waals surface area contributed by atoms with E-state index in [1.807, 2.05) is 11.9 Å². The molecule has 0 bridgehead atoms. The number of likely N-dealkylation sites (N-methyl/N-ethyl adjacent to an activating group) is 1. The monoisotopic (exact) mass is 204 g/mol. The van der Waals surface area contributed by atoms with Gasteiger partial charge in [-0.05, 0) is 25.8 Å². The average Bonchev–Trinajstić information content (AvgIpc) is 2.79. The number of carbonyl (C=O) groups is 1. The van der Waals surface area contributed by atoms with Crippen LogP contribution in [0.2, 0.25) is 0 Å². The van der Waals surface area contributed by atoms with Gasteiger partial charge in [-0.1, -0.05) is 0 Å². The van der Waals surface area contributed by atoms with Crippen LogP contribution >= 0.6 is 12.4 Å². The quantitative estimate of drug-likeness (QED) is 0.716. The van der Waals surface area contributed by atoms with E-state index in [0.717, 1.165) is 32.4 Å². The van der Waals surface area contributed by atoms with Gasteiger partial charge in [-0.2, -0.15) is 0 Å². The van der Waals surface area contributed by atoms with E-state index < -0.39 is 0 Å². The SMILES string of the molecule is CN(C(=O)C1CC1)C1CCNC1.Cl. The highest BCUT2D eigenvalue weighted by atomic mass is 35.5. The molecule has 1 saturated heterocycles. The van der Waals surface area contributed by atoms with E-state index in [2.05, 4.69) is 5.32 Å². The second kappa shape index (κ2) is 4.29. The van der Waals surface area contributed by atoms with Gasteiger partial charge in [0.25, 0.3) is 0 Å². The summed E-state index contributed by atoms with van der Waals surface area (Å²) in [5.41, 5.74) is 0. The normalized spacial score (nSPS) is 26.7. The van der Waals surface area contributed by atoms with Crippen LogP contribution in [0.1, 0.15) is 19.3 Å². The molecule has 2 rings (SSSR count). The van der Waals surface area contributed by atoms with Crippen molar-refractivity contribution in [3.8, 4) is 0 Å². The van der Waals surface area contributed by atoms with Gasteiger partial charge in [0.2, 0.25) is 5.91 Å². The van der Waals surface area contributed by atoms with Crippen molar-refractivity contribution in [1.29, 1.82) is 0 Å². The second-order valence-corrected chi connectivity index (χ2v) is 3.87. The summed E-state index contributed by atoms with van der Waals surface area (Å²) in [4.78, 5) is 13.5. The van der Waals surface area contributed by atoms with Gasteiger partial charge in [-0.3, -0.25) is 4.79 Å². The Hall–Kier alpha value is -0.280. The van der Waals surface area contributed by atoms with Gasteiger partial charge in [-0.15, -0.1) is 12.4 Å². The third-order valence-corrected chi connectivity index (χ3v) is 2.86. The van der Waals surface area contributed by atoms with Gasteiger partial charge in [0, 0.05) is 25.6 Å². The van der Waals surface area contributed by atoms with E-state index in [9.17, 15) is 4.79 Å². The summed E-state index contributed by atoms with van der Waals surface area (Å²) >= 11 is 0. The molecular formula is C9H17ClN2O. The van der Waals surface area contributed by atoms with E-state index in [1.54, 1.807) is 0 Å². The third kappa shape index (κ3) is 2.35. The highest BCUT2D eigenvalue weighted by Crippen LogP contribution is 2.31. The summed E-state index contributed by atoms with van der Waals surface area (Å²) < 4.78 is 0. The van der Waals surface area contributed by atoms with Crippen LogP contribution in [0.4, 0.5) is 0 Å². The Labute approximate surface area is 85.3 Å². The van der Waals surface area contributed by atoms with E-state index in [-0.39, 0.29) is 12.4 Å². The fourth-order valence-electron chi connectivity index (χ4n) is 1.77. The van der Waals surface area contributed by atoms with Crippen molar-refractivity contribution in [2.75, 3.05) is 20.1 Å². The first kappa shape index (κ1) is 10.8. The molecule has 1 heterocycles. The molecule has 1 aliphatic heterocycles. The lowest BCUT2D eigenvalue weighted by atomic mass is 10.2. The number of carbonyl (C=O) groups excluding carboxylic acids is 1. The van der Waals surface area contributed by atoms with Gasteiger partial charge < -0.3 is 10.2 Å². The molecule has 0 aromatic rings. The van der Waals surface area contributed by atoms with Crippen LogP contribution in [0.25, 0.3) is 0 Å². The molecule has 0 spiro atoms.